The Hall–Kier alpha value is -0.770. The molecule has 1 unspecified atom stereocenters. The molecule has 2 nitrogen and oxygen atoms in total. The lowest BCUT2D eigenvalue weighted by Gasteiger charge is -2.11. The van der Waals surface area contributed by atoms with Gasteiger partial charge in [-0.1, -0.05) is 11.6 Å². The van der Waals surface area contributed by atoms with Crippen LogP contribution in [0.5, 0.6) is 0 Å². The Bertz CT molecular complexity index is 477. The molecule has 2 aromatic heterocycles. The van der Waals surface area contributed by atoms with Crippen LogP contribution < -0.4 is 5.32 Å². The zero-order valence-electron chi connectivity index (χ0n) is 8.70. The van der Waals surface area contributed by atoms with E-state index in [-0.39, 0.29) is 0 Å². The third-order valence-electron chi connectivity index (χ3n) is 2.98. The molecule has 4 heteroatoms. The first-order valence-electron chi connectivity index (χ1n) is 5.35. The van der Waals surface area contributed by atoms with Crippen molar-refractivity contribution in [2.24, 2.45) is 0 Å². The molecular formula is C12H12ClNOS. The molecule has 0 radical (unpaired) electrons. The zero-order chi connectivity index (χ0) is 11.0. The highest BCUT2D eigenvalue weighted by Gasteiger charge is 2.24. The highest BCUT2D eigenvalue weighted by Crippen LogP contribution is 2.39. The van der Waals surface area contributed by atoms with Gasteiger partial charge in [0.2, 0.25) is 0 Å². The first-order chi connectivity index (χ1) is 7.83. The van der Waals surface area contributed by atoms with Crippen LogP contribution in [0.2, 0.25) is 4.34 Å². The van der Waals surface area contributed by atoms with Gasteiger partial charge in [0.05, 0.1) is 16.9 Å². The van der Waals surface area contributed by atoms with Gasteiger partial charge in [-0.15, -0.1) is 11.3 Å². The fourth-order valence-electron chi connectivity index (χ4n) is 2.18. The molecule has 1 aliphatic carbocycles. The summed E-state index contributed by atoms with van der Waals surface area (Å²) in [4.78, 5) is 1.44. The largest absolute Gasteiger partial charge is 0.472 e. The number of hydrogen-bond donors (Lipinski definition) is 1. The average Bonchev–Trinajstić information content (AvgIpc) is 2.91. The van der Waals surface area contributed by atoms with E-state index in [2.05, 4.69) is 11.4 Å². The van der Waals surface area contributed by atoms with E-state index in [1.165, 1.54) is 22.4 Å². The van der Waals surface area contributed by atoms with Crippen LogP contribution in [0.4, 0.5) is 0 Å². The number of hydrogen-bond acceptors (Lipinski definition) is 3. The number of furan rings is 1. The molecule has 0 saturated heterocycles. The minimum Gasteiger partial charge on any atom is -0.472 e. The molecular weight excluding hydrogens is 242 g/mol. The first kappa shape index (κ1) is 10.4. The fraction of sp³-hybridized carbons (Fsp3) is 0.333. The van der Waals surface area contributed by atoms with Crippen LogP contribution in [0.1, 0.15) is 28.5 Å². The number of halogens is 1. The summed E-state index contributed by atoms with van der Waals surface area (Å²) in [5, 5.41) is 3.54. The van der Waals surface area contributed by atoms with Crippen molar-refractivity contribution in [1.82, 2.24) is 5.32 Å². The summed E-state index contributed by atoms with van der Waals surface area (Å²) in [6.45, 7) is 0.855. The molecule has 16 heavy (non-hydrogen) atoms. The van der Waals surface area contributed by atoms with Gasteiger partial charge in [0, 0.05) is 23.0 Å². The van der Waals surface area contributed by atoms with Crippen LogP contribution in [-0.2, 0) is 13.0 Å². The SMILES string of the molecule is Clc1cc2c(s1)CCC2NCc1ccoc1. The van der Waals surface area contributed by atoms with Crippen molar-refractivity contribution in [2.45, 2.75) is 25.4 Å². The molecule has 0 aromatic carbocycles. The van der Waals surface area contributed by atoms with Gasteiger partial charge < -0.3 is 9.73 Å². The molecule has 1 atom stereocenters. The van der Waals surface area contributed by atoms with Crippen molar-refractivity contribution in [3.8, 4) is 0 Å². The standard InChI is InChI=1S/C12H12ClNOS/c13-12-5-9-10(1-2-11(9)16-12)14-6-8-3-4-15-7-8/h3-5,7,10,14H,1-2,6H2. The molecule has 0 amide bonds. The maximum Gasteiger partial charge on any atom is 0.0947 e. The van der Waals surface area contributed by atoms with Gasteiger partial charge in [-0.25, -0.2) is 0 Å². The highest BCUT2D eigenvalue weighted by molar-refractivity contribution is 7.16. The lowest BCUT2D eigenvalue weighted by Crippen LogP contribution is -2.17. The van der Waals surface area contributed by atoms with Crippen molar-refractivity contribution in [1.29, 1.82) is 0 Å². The van der Waals surface area contributed by atoms with Crippen molar-refractivity contribution >= 4 is 22.9 Å². The molecule has 0 aliphatic heterocycles. The maximum absolute atomic E-state index is 6.02. The normalized spacial score (nSPS) is 18.9. The summed E-state index contributed by atoms with van der Waals surface area (Å²) >= 11 is 7.73. The number of aryl methyl sites for hydroxylation is 1. The average molecular weight is 254 g/mol. The van der Waals surface area contributed by atoms with Gasteiger partial charge in [0.15, 0.2) is 0 Å². The van der Waals surface area contributed by atoms with E-state index in [9.17, 15) is 0 Å². The zero-order valence-corrected chi connectivity index (χ0v) is 10.3. The summed E-state index contributed by atoms with van der Waals surface area (Å²) in [6, 6.07) is 4.54. The Labute approximate surface area is 103 Å². The summed E-state index contributed by atoms with van der Waals surface area (Å²) in [7, 11) is 0. The second-order valence-electron chi connectivity index (χ2n) is 4.03. The lowest BCUT2D eigenvalue weighted by molar-refractivity contribution is 0.521. The molecule has 3 rings (SSSR count). The van der Waals surface area contributed by atoms with Gasteiger partial charge in [-0.3, -0.25) is 0 Å². The Morgan fingerprint density at radius 3 is 3.31 bits per heavy atom. The minimum atomic E-state index is 0.452. The molecule has 0 spiro atoms. The number of thiophene rings is 1. The number of fused-ring (bicyclic) bond motifs is 1. The van der Waals surface area contributed by atoms with Gasteiger partial charge in [0.25, 0.3) is 0 Å². The van der Waals surface area contributed by atoms with E-state index in [0.717, 1.165) is 17.3 Å². The second-order valence-corrected chi connectivity index (χ2v) is 5.80. The van der Waals surface area contributed by atoms with Crippen LogP contribution in [0.25, 0.3) is 0 Å². The molecule has 1 aliphatic rings. The van der Waals surface area contributed by atoms with E-state index >= 15 is 0 Å². The van der Waals surface area contributed by atoms with Gasteiger partial charge in [0.1, 0.15) is 0 Å². The van der Waals surface area contributed by atoms with Crippen molar-refractivity contribution < 1.29 is 4.42 Å². The molecule has 2 aromatic rings. The Morgan fingerprint density at radius 2 is 2.50 bits per heavy atom. The molecule has 2 heterocycles. The van der Waals surface area contributed by atoms with Crippen molar-refractivity contribution in [2.75, 3.05) is 0 Å². The minimum absolute atomic E-state index is 0.452. The Balaban J connectivity index is 1.69. The topological polar surface area (TPSA) is 25.2 Å². The predicted molar refractivity (Wildman–Crippen MR) is 65.9 cm³/mol. The van der Waals surface area contributed by atoms with Gasteiger partial charge >= 0.3 is 0 Å². The number of nitrogens with one attached hydrogen (secondary N) is 1. The second kappa shape index (κ2) is 4.24. The van der Waals surface area contributed by atoms with Gasteiger partial charge in [-0.05, 0) is 30.5 Å². The fourth-order valence-corrected chi connectivity index (χ4v) is 3.53. The van der Waals surface area contributed by atoms with Crippen LogP contribution in [-0.4, -0.2) is 0 Å². The third kappa shape index (κ3) is 1.90. The number of rotatable bonds is 3. The van der Waals surface area contributed by atoms with Crippen LogP contribution >= 0.6 is 22.9 Å². The predicted octanol–water partition coefficient (Wildman–Crippen LogP) is 3.77. The lowest BCUT2D eigenvalue weighted by atomic mass is 10.1. The van der Waals surface area contributed by atoms with Crippen molar-refractivity contribution in [3.63, 3.8) is 0 Å². The molecule has 0 fully saturated rings. The van der Waals surface area contributed by atoms with E-state index in [1.54, 1.807) is 23.9 Å². The Kier molecular flexibility index (Phi) is 2.75. The van der Waals surface area contributed by atoms with Crippen LogP contribution in [0.3, 0.4) is 0 Å². The monoisotopic (exact) mass is 253 g/mol. The van der Waals surface area contributed by atoms with Crippen molar-refractivity contribution in [3.05, 3.63) is 45.0 Å². The molecule has 84 valence electrons. The van der Waals surface area contributed by atoms with E-state index in [1.807, 2.05) is 6.07 Å². The summed E-state index contributed by atoms with van der Waals surface area (Å²) in [5.74, 6) is 0. The summed E-state index contributed by atoms with van der Waals surface area (Å²) < 4.78 is 5.95. The van der Waals surface area contributed by atoms with Crippen LogP contribution in [0.15, 0.2) is 29.1 Å². The molecule has 0 bridgehead atoms. The summed E-state index contributed by atoms with van der Waals surface area (Å²) in [5.41, 5.74) is 2.58. The maximum atomic E-state index is 6.02. The van der Waals surface area contributed by atoms with E-state index < -0.39 is 0 Å². The first-order valence-corrected chi connectivity index (χ1v) is 6.55. The highest BCUT2D eigenvalue weighted by atomic mass is 35.5. The Morgan fingerprint density at radius 1 is 1.56 bits per heavy atom. The molecule has 0 saturated carbocycles. The third-order valence-corrected chi connectivity index (χ3v) is 4.32. The smallest absolute Gasteiger partial charge is 0.0947 e. The molecule has 1 N–H and O–H groups in total. The van der Waals surface area contributed by atoms with E-state index in [4.69, 9.17) is 16.0 Å². The van der Waals surface area contributed by atoms with Gasteiger partial charge in [-0.2, -0.15) is 0 Å². The quantitative estimate of drug-likeness (QED) is 0.901. The van der Waals surface area contributed by atoms with Crippen LogP contribution in [0, 0.1) is 0 Å². The van der Waals surface area contributed by atoms with E-state index in [0.29, 0.717) is 6.04 Å². The summed E-state index contributed by atoms with van der Waals surface area (Å²) in [6.07, 6.45) is 5.81.